The minimum atomic E-state index is 0.533. The van der Waals surface area contributed by atoms with Crippen molar-refractivity contribution in [1.29, 1.82) is 0 Å². The number of allylic oxidation sites excluding steroid dienone is 2. The first-order valence-corrected chi connectivity index (χ1v) is 5.38. The highest BCUT2D eigenvalue weighted by atomic mass is 16.5. The van der Waals surface area contributed by atoms with Crippen LogP contribution in [0, 0.1) is 12.8 Å². The van der Waals surface area contributed by atoms with E-state index in [1.54, 1.807) is 7.11 Å². The van der Waals surface area contributed by atoms with Crippen LogP contribution < -0.4 is 4.74 Å². The third kappa shape index (κ3) is 1.65. The van der Waals surface area contributed by atoms with Gasteiger partial charge in [-0.2, -0.15) is 0 Å². The maximum absolute atomic E-state index is 5.26. The van der Waals surface area contributed by atoms with Crippen LogP contribution in [-0.4, -0.2) is 12.1 Å². The second kappa shape index (κ2) is 3.69. The van der Waals surface area contributed by atoms with E-state index in [0.717, 1.165) is 23.6 Å². The molecule has 1 aliphatic carbocycles. The molecule has 0 aromatic carbocycles. The molecule has 2 heteroatoms. The normalized spacial score (nSPS) is 14.1. The number of aryl methyl sites for hydroxylation is 1. The number of nitrogens with zero attached hydrogens (tertiary/aromatic N) is 1. The first kappa shape index (κ1) is 10.2. The van der Waals surface area contributed by atoms with E-state index in [1.165, 1.54) is 11.1 Å². The molecule has 1 aromatic rings. The van der Waals surface area contributed by atoms with Crippen LogP contribution in [0.2, 0.25) is 0 Å². The summed E-state index contributed by atoms with van der Waals surface area (Å²) in [5.74, 6) is 1.29. The number of hydrogen-bond donors (Lipinski definition) is 0. The fraction of sp³-hybridized carbons (Fsp3) is 0.462. The topological polar surface area (TPSA) is 22.1 Å². The molecule has 0 fully saturated rings. The van der Waals surface area contributed by atoms with Crippen LogP contribution in [0.1, 0.15) is 30.7 Å². The Kier molecular flexibility index (Phi) is 2.51. The summed E-state index contributed by atoms with van der Waals surface area (Å²) in [6.45, 7) is 6.45. The standard InChI is InChI=1S/C13H17NO/c1-8(2)11-6-5-10-7-9(3)13(15-4)14-12(10)11/h6-8H,5H2,1-4H3. The molecule has 2 rings (SSSR count). The largest absolute Gasteiger partial charge is 0.481 e. The SMILES string of the molecule is COc1nc2c(cc1C)CC=C2C(C)C. The molecule has 0 amide bonds. The predicted octanol–water partition coefficient (Wildman–Crippen LogP) is 2.99. The van der Waals surface area contributed by atoms with Gasteiger partial charge >= 0.3 is 0 Å². The summed E-state index contributed by atoms with van der Waals surface area (Å²) >= 11 is 0. The van der Waals surface area contributed by atoms with E-state index >= 15 is 0 Å². The molecular weight excluding hydrogens is 186 g/mol. The second-order valence-electron chi connectivity index (χ2n) is 4.34. The molecule has 15 heavy (non-hydrogen) atoms. The number of hydrogen-bond acceptors (Lipinski definition) is 2. The van der Waals surface area contributed by atoms with Crippen molar-refractivity contribution in [1.82, 2.24) is 4.98 Å². The van der Waals surface area contributed by atoms with E-state index in [1.807, 2.05) is 6.92 Å². The first-order valence-electron chi connectivity index (χ1n) is 5.38. The Hall–Kier alpha value is -1.31. The van der Waals surface area contributed by atoms with Crippen LogP contribution >= 0.6 is 0 Å². The summed E-state index contributed by atoms with van der Waals surface area (Å²) < 4.78 is 5.26. The highest BCUT2D eigenvalue weighted by Crippen LogP contribution is 2.33. The Labute approximate surface area is 91.0 Å². The fourth-order valence-corrected chi connectivity index (χ4v) is 2.09. The molecule has 0 aliphatic heterocycles. The number of rotatable bonds is 2. The van der Waals surface area contributed by atoms with Gasteiger partial charge in [0.15, 0.2) is 0 Å². The van der Waals surface area contributed by atoms with Gasteiger partial charge in [-0.1, -0.05) is 19.9 Å². The average Bonchev–Trinajstić information content (AvgIpc) is 2.59. The third-order valence-electron chi connectivity index (χ3n) is 2.88. The van der Waals surface area contributed by atoms with Crippen molar-refractivity contribution in [3.05, 3.63) is 29.0 Å². The highest BCUT2D eigenvalue weighted by molar-refractivity contribution is 5.72. The molecule has 0 bridgehead atoms. The van der Waals surface area contributed by atoms with Crippen LogP contribution in [0.5, 0.6) is 5.88 Å². The number of methoxy groups -OCH3 is 1. The van der Waals surface area contributed by atoms with Crippen molar-refractivity contribution in [2.75, 3.05) is 7.11 Å². The summed E-state index contributed by atoms with van der Waals surface area (Å²) in [5, 5.41) is 0. The van der Waals surface area contributed by atoms with E-state index in [0.29, 0.717) is 5.92 Å². The second-order valence-corrected chi connectivity index (χ2v) is 4.34. The maximum atomic E-state index is 5.26. The lowest BCUT2D eigenvalue weighted by Gasteiger charge is -2.11. The Bertz CT molecular complexity index is 419. The minimum absolute atomic E-state index is 0.533. The molecule has 0 unspecified atom stereocenters. The predicted molar refractivity (Wildman–Crippen MR) is 62.0 cm³/mol. The lowest BCUT2D eigenvalue weighted by atomic mass is 10.0. The van der Waals surface area contributed by atoms with Crippen molar-refractivity contribution in [2.24, 2.45) is 5.92 Å². The number of pyridine rings is 1. The van der Waals surface area contributed by atoms with Gasteiger partial charge in [0.1, 0.15) is 0 Å². The van der Waals surface area contributed by atoms with Crippen LogP contribution in [0.15, 0.2) is 12.1 Å². The summed E-state index contributed by atoms with van der Waals surface area (Å²) in [4.78, 5) is 4.58. The van der Waals surface area contributed by atoms with Gasteiger partial charge in [-0.05, 0) is 36.5 Å². The quantitative estimate of drug-likeness (QED) is 0.737. The molecule has 1 heterocycles. The van der Waals surface area contributed by atoms with E-state index in [-0.39, 0.29) is 0 Å². The van der Waals surface area contributed by atoms with Crippen LogP contribution in [0.3, 0.4) is 0 Å². The Morgan fingerprint density at radius 1 is 1.40 bits per heavy atom. The van der Waals surface area contributed by atoms with Crippen molar-refractivity contribution < 1.29 is 4.74 Å². The zero-order valence-electron chi connectivity index (χ0n) is 9.79. The Morgan fingerprint density at radius 2 is 2.13 bits per heavy atom. The molecule has 0 N–H and O–H groups in total. The molecular formula is C13H17NO. The van der Waals surface area contributed by atoms with Crippen molar-refractivity contribution >= 4 is 5.57 Å². The van der Waals surface area contributed by atoms with Gasteiger partial charge in [0.25, 0.3) is 0 Å². The maximum Gasteiger partial charge on any atom is 0.216 e. The van der Waals surface area contributed by atoms with Gasteiger partial charge in [-0.25, -0.2) is 4.98 Å². The van der Waals surface area contributed by atoms with E-state index in [4.69, 9.17) is 4.74 Å². The lowest BCUT2D eigenvalue weighted by Crippen LogP contribution is -2.00. The summed E-state index contributed by atoms with van der Waals surface area (Å²) in [6, 6.07) is 2.19. The molecule has 0 saturated heterocycles. The van der Waals surface area contributed by atoms with Gasteiger partial charge in [-0.3, -0.25) is 0 Å². The zero-order valence-corrected chi connectivity index (χ0v) is 9.79. The summed E-state index contributed by atoms with van der Waals surface area (Å²) in [5.41, 5.74) is 4.93. The summed E-state index contributed by atoms with van der Waals surface area (Å²) in [6.07, 6.45) is 3.29. The minimum Gasteiger partial charge on any atom is -0.481 e. The van der Waals surface area contributed by atoms with Gasteiger partial charge < -0.3 is 4.74 Å². The van der Waals surface area contributed by atoms with Crippen molar-refractivity contribution in [3.63, 3.8) is 0 Å². The van der Waals surface area contributed by atoms with Gasteiger partial charge in [0.2, 0.25) is 5.88 Å². The van der Waals surface area contributed by atoms with E-state index in [9.17, 15) is 0 Å². The monoisotopic (exact) mass is 203 g/mol. The average molecular weight is 203 g/mol. The Morgan fingerprint density at radius 3 is 2.73 bits per heavy atom. The molecule has 1 aromatic heterocycles. The fourth-order valence-electron chi connectivity index (χ4n) is 2.09. The molecule has 0 saturated carbocycles. The lowest BCUT2D eigenvalue weighted by molar-refractivity contribution is 0.394. The van der Waals surface area contributed by atoms with Gasteiger partial charge in [-0.15, -0.1) is 0 Å². The number of ether oxygens (including phenoxy) is 1. The smallest absolute Gasteiger partial charge is 0.216 e. The first-order chi connectivity index (χ1) is 7.13. The van der Waals surface area contributed by atoms with Crippen molar-refractivity contribution in [2.45, 2.75) is 27.2 Å². The Balaban J connectivity index is 2.49. The molecule has 80 valence electrons. The number of aromatic nitrogens is 1. The van der Waals surface area contributed by atoms with E-state index < -0.39 is 0 Å². The third-order valence-corrected chi connectivity index (χ3v) is 2.88. The molecule has 0 radical (unpaired) electrons. The van der Waals surface area contributed by atoms with Gasteiger partial charge in [0.05, 0.1) is 12.8 Å². The van der Waals surface area contributed by atoms with Crippen LogP contribution in [0.25, 0.3) is 5.57 Å². The highest BCUT2D eigenvalue weighted by Gasteiger charge is 2.19. The zero-order chi connectivity index (χ0) is 11.0. The molecule has 0 atom stereocenters. The van der Waals surface area contributed by atoms with Crippen LogP contribution in [-0.2, 0) is 6.42 Å². The van der Waals surface area contributed by atoms with Crippen molar-refractivity contribution in [3.8, 4) is 5.88 Å². The van der Waals surface area contributed by atoms with Crippen LogP contribution in [0.4, 0.5) is 0 Å². The molecule has 2 nitrogen and oxygen atoms in total. The molecule has 1 aliphatic rings. The molecule has 0 spiro atoms. The number of fused-ring (bicyclic) bond motifs is 1. The van der Waals surface area contributed by atoms with E-state index in [2.05, 4.69) is 31.0 Å². The van der Waals surface area contributed by atoms with Gasteiger partial charge in [0, 0.05) is 5.56 Å². The summed E-state index contributed by atoms with van der Waals surface area (Å²) in [7, 11) is 1.68.